The topological polar surface area (TPSA) is 25.1 Å². The summed E-state index contributed by atoms with van der Waals surface area (Å²) in [6, 6.07) is 211. The lowest BCUT2D eigenvalue weighted by Crippen LogP contribution is -2.74. The van der Waals surface area contributed by atoms with Gasteiger partial charge in [0, 0.05) is 65.8 Å². The molecule has 0 amide bonds. The van der Waals surface area contributed by atoms with Crippen LogP contribution in [0.25, 0.3) is 122 Å². The molecule has 0 saturated carbocycles. The van der Waals surface area contributed by atoms with Crippen molar-refractivity contribution in [2.75, 3.05) is 10.2 Å². The van der Waals surface area contributed by atoms with Crippen molar-refractivity contribution < 1.29 is 0 Å². The fraction of sp³-hybridized carbons (Fsp3) is 0. The van der Waals surface area contributed by atoms with Gasteiger partial charge in [0.2, 0.25) is 0 Å². The van der Waals surface area contributed by atoms with E-state index in [9.17, 15) is 0 Å². The van der Waals surface area contributed by atoms with Gasteiger partial charge >= 0.3 is 0 Å². The molecule has 0 spiro atoms. The van der Waals surface area contributed by atoms with Crippen LogP contribution < -0.4 is 51.7 Å². The van der Waals surface area contributed by atoms with Gasteiger partial charge in [0.25, 0.3) is 0 Å². The molecule has 660 valence electrons. The smallest absolute Gasteiger partial charge is 0.179 e. The molecule has 139 heavy (non-hydrogen) atoms. The monoisotopic (exact) mass is 1870 g/mol. The molecular formula is C132H97BrN4Si2. The molecule has 4 nitrogen and oxygen atoms in total. The highest BCUT2D eigenvalue weighted by molar-refractivity contribution is 9.10. The van der Waals surface area contributed by atoms with Crippen LogP contribution in [0.5, 0.6) is 0 Å². The van der Waals surface area contributed by atoms with Crippen LogP contribution in [0.4, 0.5) is 28.4 Å². The van der Waals surface area contributed by atoms with Gasteiger partial charge in [0.1, 0.15) is 0 Å². The molecule has 24 rings (SSSR count). The molecule has 2 heterocycles. The van der Waals surface area contributed by atoms with Crippen LogP contribution in [0.3, 0.4) is 0 Å². The Morgan fingerprint density at radius 3 is 0.655 bits per heavy atom. The second-order valence-corrected chi connectivity index (χ2v) is 43.7. The highest BCUT2D eigenvalue weighted by Gasteiger charge is 2.43. The number of hydrogen-bond acceptors (Lipinski definition) is 2. The lowest BCUT2D eigenvalue weighted by molar-refractivity contribution is 1.18. The highest BCUT2D eigenvalue weighted by Crippen LogP contribution is 2.42. The Morgan fingerprint density at radius 1 is 0.165 bits per heavy atom. The van der Waals surface area contributed by atoms with Crippen LogP contribution >= 0.6 is 15.9 Å². The van der Waals surface area contributed by atoms with Gasteiger partial charge < -0.3 is 19.4 Å². The number of nitrogens with one attached hydrogen (secondary N) is 1. The van der Waals surface area contributed by atoms with E-state index in [4.69, 9.17) is 0 Å². The minimum absolute atomic E-state index is 1.07. The van der Waals surface area contributed by atoms with E-state index in [-0.39, 0.29) is 0 Å². The fourth-order valence-electron chi connectivity index (χ4n) is 20.4. The highest BCUT2D eigenvalue weighted by atomic mass is 79.9. The zero-order valence-electron chi connectivity index (χ0n) is 76.6. The predicted molar refractivity (Wildman–Crippen MR) is 600 cm³/mol. The molecule has 0 aliphatic carbocycles. The zero-order chi connectivity index (χ0) is 93.1. The molecule has 7 heteroatoms. The maximum atomic E-state index is 3.54. The first-order valence-corrected chi connectivity index (χ1v) is 52.3. The fourth-order valence-corrected chi connectivity index (χ4v) is 30.1. The molecule has 0 radical (unpaired) electrons. The first-order valence-electron chi connectivity index (χ1n) is 47.5. The van der Waals surface area contributed by atoms with Gasteiger partial charge in [-0.2, -0.15) is 0 Å². The van der Waals surface area contributed by atoms with Crippen molar-refractivity contribution in [2.45, 2.75) is 0 Å². The summed E-state index contributed by atoms with van der Waals surface area (Å²) in [5.74, 6) is 0. The number of nitrogens with zero attached hydrogens (tertiary/aromatic N) is 3. The van der Waals surface area contributed by atoms with Crippen LogP contribution in [0, 0.1) is 0 Å². The van der Waals surface area contributed by atoms with Crippen LogP contribution in [-0.4, -0.2) is 25.3 Å². The predicted octanol–water partition coefficient (Wildman–Crippen LogP) is 30.0. The summed E-state index contributed by atoms with van der Waals surface area (Å²) in [5.41, 5.74) is 27.1. The molecule has 0 aliphatic heterocycles. The normalized spacial score (nSPS) is 11.3. The van der Waals surface area contributed by atoms with E-state index in [0.717, 1.165) is 38.6 Å². The molecule has 0 fully saturated rings. The van der Waals surface area contributed by atoms with Crippen molar-refractivity contribution in [1.82, 2.24) is 9.13 Å². The Kier molecular flexibility index (Phi) is 25.0. The summed E-state index contributed by atoms with van der Waals surface area (Å²) in [6.45, 7) is 0. The molecule has 0 bridgehead atoms. The number of aromatic nitrogens is 2. The summed E-state index contributed by atoms with van der Waals surface area (Å²) in [7, 11) is -5.06. The van der Waals surface area contributed by atoms with Gasteiger partial charge in [-0.1, -0.05) is 465 Å². The van der Waals surface area contributed by atoms with Crippen molar-refractivity contribution in [3.05, 3.63) is 587 Å². The summed E-state index contributed by atoms with van der Waals surface area (Å²) < 4.78 is 5.82. The van der Waals surface area contributed by atoms with Crippen LogP contribution in [0.15, 0.2) is 587 Å². The third kappa shape index (κ3) is 17.7. The molecule has 1 N–H and O–H groups in total. The molecule has 22 aromatic carbocycles. The Bertz CT molecular complexity index is 8060. The Morgan fingerprint density at radius 2 is 0.367 bits per heavy atom. The van der Waals surface area contributed by atoms with E-state index in [2.05, 4.69) is 612 Å². The van der Waals surface area contributed by atoms with E-state index in [1.54, 1.807) is 0 Å². The van der Waals surface area contributed by atoms with Crippen LogP contribution in [0.2, 0.25) is 0 Å². The number of halogens is 1. The average molecular weight is 1880 g/mol. The zero-order valence-corrected chi connectivity index (χ0v) is 80.2. The van der Waals surface area contributed by atoms with E-state index in [0.29, 0.717) is 0 Å². The van der Waals surface area contributed by atoms with Crippen LogP contribution in [0.1, 0.15) is 0 Å². The third-order valence-corrected chi connectivity index (χ3v) is 37.2. The second kappa shape index (κ2) is 39.9. The Labute approximate surface area is 823 Å². The van der Waals surface area contributed by atoms with Gasteiger partial charge in [-0.15, -0.1) is 0 Å². The third-order valence-electron chi connectivity index (χ3n) is 27.1. The van der Waals surface area contributed by atoms with Gasteiger partial charge in [-0.25, -0.2) is 0 Å². The summed E-state index contributed by atoms with van der Waals surface area (Å²) in [4.78, 5) is 2.36. The molecule has 0 atom stereocenters. The van der Waals surface area contributed by atoms with Crippen molar-refractivity contribution in [3.8, 4) is 78.1 Å². The molecular weight excluding hydrogens is 1780 g/mol. The Hall–Kier alpha value is -17.0. The van der Waals surface area contributed by atoms with Gasteiger partial charge in [0.05, 0.1) is 22.1 Å². The van der Waals surface area contributed by atoms with E-state index in [1.807, 2.05) is 6.07 Å². The largest absolute Gasteiger partial charge is 0.356 e. The van der Waals surface area contributed by atoms with E-state index < -0.39 is 16.1 Å². The SMILES string of the molecule is Brc1ccc(-c2ccc([Si](c3ccccc3)(c3ccccc3)c3ccccc3)cc2)cc1.c1ccc(-c2ccc(N(c3ccc(-c4ccc([Si](c5ccccc5)(c5ccccc5)c5ccccc5)cc4)cc3)c3ccc(-c4ccc5c(c4)c4ccccc4n5-c4ccccc4)cc3)cc2)cc1.c1ccc(-c2ccc(Nc3ccc(-c4ccc5c(c4)c4ccccc4n5-c4ccccc4)cc3)cc2)cc1. The minimum Gasteiger partial charge on any atom is -0.356 e. The first kappa shape index (κ1) is 87.3. The number of benzene rings is 22. The molecule has 0 unspecified atom stereocenters. The number of anilines is 5. The van der Waals surface area contributed by atoms with E-state index >= 15 is 0 Å². The summed E-state index contributed by atoms with van der Waals surface area (Å²) in [6.07, 6.45) is 0. The Balaban J connectivity index is 0.000000133. The van der Waals surface area contributed by atoms with Crippen molar-refractivity contribution in [1.29, 1.82) is 0 Å². The number of para-hydroxylation sites is 4. The van der Waals surface area contributed by atoms with Crippen LogP contribution in [-0.2, 0) is 0 Å². The molecule has 0 saturated heterocycles. The van der Waals surface area contributed by atoms with Crippen molar-refractivity contribution in [2.24, 2.45) is 0 Å². The lowest BCUT2D eigenvalue weighted by atomic mass is 10.0. The van der Waals surface area contributed by atoms with Gasteiger partial charge in [-0.05, 0) is 242 Å². The summed E-state index contributed by atoms with van der Waals surface area (Å²) >= 11 is 3.54. The van der Waals surface area contributed by atoms with Gasteiger partial charge in [0.15, 0.2) is 16.1 Å². The molecule has 0 aliphatic rings. The quantitative estimate of drug-likeness (QED) is 0.0573. The number of rotatable bonds is 21. The van der Waals surface area contributed by atoms with Crippen molar-refractivity contribution in [3.63, 3.8) is 0 Å². The summed E-state index contributed by atoms with van der Waals surface area (Å²) in [5, 5.41) is 19.6. The second-order valence-electron chi connectivity index (χ2n) is 35.2. The van der Waals surface area contributed by atoms with Gasteiger partial charge in [-0.3, -0.25) is 0 Å². The standard InChI is InChI=1S/C66H48N2Si.C36H26N2.C30H23BrSi/c1-6-18-49(19-7-1)50-30-39-56(40-31-50)67(58-43-34-53(35-44-58)54-38-47-66-64(48-54)63-28-16-17-29-65(63)68(66)55-20-8-2-9-21-55)57-41-32-51(33-42-57)52-36-45-62(46-37-52)69(59-22-10-3-11-23-59,60-24-12-4-13-25-60)61-26-14-5-15-27-61;1-3-9-26(10-4-1)27-15-20-30(21-16-27)37-31-22-17-28(18-23-31)29-19-24-36-34(25-29)33-13-7-8-14-35(33)38(36)32-11-5-2-6-12-32;31-26-20-16-24(17-21-26)25-18-22-30(23-19-25)32(27-10-4-1-5-11-27,28-12-6-2-7-13-28)29-14-8-3-9-15-29/h1-48H;1-25,37H;1-23H. The maximum Gasteiger partial charge on any atom is 0.179 e. The first-order chi connectivity index (χ1) is 68.8. The average Bonchev–Trinajstić information content (AvgIpc) is 1.67. The van der Waals surface area contributed by atoms with E-state index in [1.165, 1.54) is 158 Å². The molecule has 2 aromatic heterocycles. The number of fused-ring (bicyclic) bond motifs is 6. The lowest BCUT2D eigenvalue weighted by Gasteiger charge is -2.34. The number of hydrogen-bond donors (Lipinski definition) is 1. The molecule has 24 aromatic rings. The maximum absolute atomic E-state index is 3.54. The minimum atomic E-state index is -2.62. The van der Waals surface area contributed by atoms with Crippen molar-refractivity contribution >= 4 is 146 Å².